The highest BCUT2D eigenvalue weighted by Gasteiger charge is 2.26. The number of likely N-dealkylation sites (tertiary alicyclic amines) is 1. The van der Waals surface area contributed by atoms with Crippen LogP contribution < -0.4 is 4.74 Å². The van der Waals surface area contributed by atoms with Crippen molar-refractivity contribution in [1.29, 1.82) is 0 Å². The van der Waals surface area contributed by atoms with Gasteiger partial charge in [0.1, 0.15) is 5.75 Å². The lowest BCUT2D eigenvalue weighted by atomic mass is 9.91. The maximum Gasteiger partial charge on any atom is 0.253 e. The second-order valence-electron chi connectivity index (χ2n) is 6.70. The number of rotatable bonds is 4. The summed E-state index contributed by atoms with van der Waals surface area (Å²) in [5.41, 5.74) is 0.694. The second kappa shape index (κ2) is 7.03. The van der Waals surface area contributed by atoms with Gasteiger partial charge in [-0.25, -0.2) is 0 Å². The zero-order valence-corrected chi connectivity index (χ0v) is 14.4. The van der Waals surface area contributed by atoms with Gasteiger partial charge in [0.15, 0.2) is 6.61 Å². The number of carbonyl (C=O) groups excluding carboxylic acids is 1. The summed E-state index contributed by atoms with van der Waals surface area (Å²) in [7, 11) is 0. The average Bonchev–Trinajstić information content (AvgIpc) is 2.97. The van der Waals surface area contributed by atoms with E-state index in [0.29, 0.717) is 34.9 Å². The fraction of sp³-hybridized carbons (Fsp3) is 0.500. The molecule has 0 unspecified atom stereocenters. The molecule has 6 nitrogen and oxygen atoms in total. The Morgan fingerprint density at radius 1 is 1.25 bits per heavy atom. The van der Waals surface area contributed by atoms with Gasteiger partial charge >= 0.3 is 0 Å². The van der Waals surface area contributed by atoms with Crippen molar-refractivity contribution in [1.82, 2.24) is 15.0 Å². The van der Waals surface area contributed by atoms with E-state index >= 15 is 0 Å². The fourth-order valence-corrected chi connectivity index (χ4v) is 3.25. The Bertz CT molecular complexity index is 686. The Kier molecular flexibility index (Phi) is 4.83. The monoisotopic (exact) mass is 329 g/mol. The first-order chi connectivity index (χ1) is 11.5. The molecule has 0 radical (unpaired) electrons. The van der Waals surface area contributed by atoms with Crippen LogP contribution in [0.25, 0.3) is 0 Å². The van der Waals surface area contributed by atoms with Crippen LogP contribution in [0.15, 0.2) is 28.8 Å². The number of aryl methyl sites for hydroxylation is 1. The zero-order chi connectivity index (χ0) is 17.1. The van der Waals surface area contributed by atoms with Crippen molar-refractivity contribution in [3.05, 3.63) is 41.5 Å². The van der Waals surface area contributed by atoms with Crippen LogP contribution in [0.2, 0.25) is 0 Å². The van der Waals surface area contributed by atoms with Gasteiger partial charge in [-0.05, 0) is 42.5 Å². The molecule has 128 valence electrons. The first-order valence-corrected chi connectivity index (χ1v) is 8.32. The first kappa shape index (κ1) is 16.5. The van der Waals surface area contributed by atoms with Crippen LogP contribution in [0.4, 0.5) is 0 Å². The molecule has 0 spiro atoms. The normalized spacial score (nSPS) is 20.9. The first-order valence-electron chi connectivity index (χ1n) is 8.32. The molecule has 0 bridgehead atoms. The van der Waals surface area contributed by atoms with Crippen molar-refractivity contribution in [2.75, 3.05) is 13.1 Å². The summed E-state index contributed by atoms with van der Waals surface area (Å²) < 4.78 is 10.5. The summed E-state index contributed by atoms with van der Waals surface area (Å²) in [5, 5.41) is 3.78. The number of ether oxygens (including phenoxy) is 1. The number of nitrogens with zero attached hydrogens (tertiary/aromatic N) is 3. The molecule has 2 aromatic rings. The third-order valence-corrected chi connectivity index (χ3v) is 4.19. The van der Waals surface area contributed by atoms with Crippen LogP contribution in [0.5, 0.6) is 5.75 Å². The number of aromatic nitrogens is 2. The molecular formula is C18H23N3O3. The number of benzene rings is 1. The lowest BCUT2D eigenvalue weighted by molar-refractivity contribution is 0.0623. The number of amides is 1. The Labute approximate surface area is 141 Å². The van der Waals surface area contributed by atoms with Crippen LogP contribution in [0.1, 0.15) is 42.3 Å². The number of piperidine rings is 1. The number of hydrogen-bond donors (Lipinski definition) is 0. The van der Waals surface area contributed by atoms with Gasteiger partial charge < -0.3 is 14.2 Å². The van der Waals surface area contributed by atoms with E-state index in [1.165, 1.54) is 6.42 Å². The van der Waals surface area contributed by atoms with Gasteiger partial charge in [0.05, 0.1) is 0 Å². The van der Waals surface area contributed by atoms with Crippen molar-refractivity contribution in [2.24, 2.45) is 11.8 Å². The molecule has 1 saturated heterocycles. The Hall–Kier alpha value is -2.37. The summed E-state index contributed by atoms with van der Waals surface area (Å²) in [6.07, 6.45) is 1.19. The van der Waals surface area contributed by atoms with Crippen molar-refractivity contribution < 1.29 is 14.1 Å². The summed E-state index contributed by atoms with van der Waals surface area (Å²) in [6.45, 7) is 8.04. The zero-order valence-electron chi connectivity index (χ0n) is 14.4. The van der Waals surface area contributed by atoms with E-state index in [1.54, 1.807) is 19.1 Å². The van der Waals surface area contributed by atoms with Gasteiger partial charge in [-0.2, -0.15) is 4.98 Å². The smallest absolute Gasteiger partial charge is 0.253 e. The number of hydrogen-bond acceptors (Lipinski definition) is 5. The van der Waals surface area contributed by atoms with Crippen LogP contribution >= 0.6 is 0 Å². The summed E-state index contributed by atoms with van der Waals surface area (Å²) in [6, 6.07) is 7.22. The molecule has 0 aliphatic carbocycles. The SMILES string of the molecule is Cc1nc(COc2ccc(C(=O)N3C[C@@H](C)C[C@H](C)C3)cc2)no1. The standard InChI is InChI=1S/C18H23N3O3/c1-12-8-13(2)10-21(9-12)18(22)15-4-6-16(7-5-15)23-11-17-19-14(3)24-20-17/h4-7,12-13H,8-11H2,1-3H3/t12-,13-/m0/s1. The molecule has 1 amide bonds. The molecule has 2 atom stereocenters. The van der Waals surface area contributed by atoms with E-state index in [2.05, 4.69) is 24.0 Å². The molecule has 1 aromatic heterocycles. The molecule has 0 saturated carbocycles. The van der Waals surface area contributed by atoms with E-state index in [0.717, 1.165) is 13.1 Å². The van der Waals surface area contributed by atoms with Crippen LogP contribution in [0, 0.1) is 18.8 Å². The minimum Gasteiger partial charge on any atom is -0.485 e. The molecule has 1 aromatic carbocycles. The van der Waals surface area contributed by atoms with Gasteiger partial charge in [0, 0.05) is 25.6 Å². The quantitative estimate of drug-likeness (QED) is 0.862. The lowest BCUT2D eigenvalue weighted by Gasteiger charge is -2.35. The maximum absolute atomic E-state index is 12.6. The molecule has 0 N–H and O–H groups in total. The molecule has 6 heteroatoms. The highest BCUT2D eigenvalue weighted by molar-refractivity contribution is 5.94. The Balaban J connectivity index is 1.60. The van der Waals surface area contributed by atoms with Crippen LogP contribution in [-0.2, 0) is 6.61 Å². The molecule has 1 aliphatic rings. The van der Waals surface area contributed by atoms with Crippen molar-refractivity contribution in [2.45, 2.75) is 33.8 Å². The Morgan fingerprint density at radius 2 is 1.92 bits per heavy atom. The van der Waals surface area contributed by atoms with Crippen LogP contribution in [-0.4, -0.2) is 34.0 Å². The van der Waals surface area contributed by atoms with Crippen LogP contribution in [0.3, 0.4) is 0 Å². The topological polar surface area (TPSA) is 68.5 Å². The van der Waals surface area contributed by atoms with E-state index < -0.39 is 0 Å². The van der Waals surface area contributed by atoms with Gasteiger partial charge in [0.2, 0.25) is 11.7 Å². The molecule has 24 heavy (non-hydrogen) atoms. The largest absolute Gasteiger partial charge is 0.485 e. The van der Waals surface area contributed by atoms with E-state index in [-0.39, 0.29) is 12.5 Å². The van der Waals surface area contributed by atoms with Crippen molar-refractivity contribution in [3.63, 3.8) is 0 Å². The molecule has 2 heterocycles. The van der Waals surface area contributed by atoms with Crippen molar-refractivity contribution >= 4 is 5.91 Å². The fourth-order valence-electron chi connectivity index (χ4n) is 3.25. The third-order valence-electron chi connectivity index (χ3n) is 4.19. The third kappa shape index (κ3) is 3.93. The number of carbonyl (C=O) groups is 1. The molecule has 1 aliphatic heterocycles. The summed E-state index contributed by atoms with van der Waals surface area (Å²) >= 11 is 0. The van der Waals surface area contributed by atoms with Crippen molar-refractivity contribution in [3.8, 4) is 5.75 Å². The maximum atomic E-state index is 12.6. The predicted octanol–water partition coefficient (Wildman–Crippen LogP) is 3.08. The molecule has 1 fully saturated rings. The highest BCUT2D eigenvalue weighted by Crippen LogP contribution is 2.23. The molecular weight excluding hydrogens is 306 g/mol. The average molecular weight is 329 g/mol. The summed E-state index contributed by atoms with van der Waals surface area (Å²) in [5.74, 6) is 2.89. The second-order valence-corrected chi connectivity index (χ2v) is 6.70. The minimum atomic E-state index is 0.0914. The highest BCUT2D eigenvalue weighted by atomic mass is 16.5. The summed E-state index contributed by atoms with van der Waals surface area (Å²) in [4.78, 5) is 18.7. The van der Waals surface area contributed by atoms with E-state index in [4.69, 9.17) is 9.26 Å². The van der Waals surface area contributed by atoms with Gasteiger partial charge in [0.25, 0.3) is 5.91 Å². The predicted molar refractivity (Wildman–Crippen MR) is 88.7 cm³/mol. The van der Waals surface area contributed by atoms with Gasteiger partial charge in [-0.3, -0.25) is 4.79 Å². The minimum absolute atomic E-state index is 0.0914. The van der Waals surface area contributed by atoms with Gasteiger partial charge in [-0.15, -0.1) is 0 Å². The molecule has 3 rings (SSSR count). The van der Waals surface area contributed by atoms with E-state index in [9.17, 15) is 4.79 Å². The Morgan fingerprint density at radius 3 is 2.50 bits per heavy atom. The van der Waals surface area contributed by atoms with Gasteiger partial charge in [-0.1, -0.05) is 19.0 Å². The van der Waals surface area contributed by atoms with E-state index in [1.807, 2.05) is 17.0 Å². The lowest BCUT2D eigenvalue weighted by Crippen LogP contribution is -2.42.